The number of halogens is 2. The van der Waals surface area contributed by atoms with Crippen molar-refractivity contribution < 1.29 is 13.5 Å². The fraction of sp³-hybridized carbons (Fsp3) is 0.583. The summed E-state index contributed by atoms with van der Waals surface area (Å²) in [6, 6.07) is 19.2. The molecule has 4 saturated carbocycles. The van der Waals surface area contributed by atoms with E-state index in [1.807, 2.05) is 34.9 Å². The molecule has 4 fully saturated rings. The number of hydrogen-bond donors (Lipinski definition) is 0. The first-order valence-corrected chi connectivity index (χ1v) is 28.1. The molecule has 4 heteroatoms. The van der Waals surface area contributed by atoms with Gasteiger partial charge in [0.2, 0.25) is 0 Å². The summed E-state index contributed by atoms with van der Waals surface area (Å²) in [5, 5.41) is 0. The van der Waals surface area contributed by atoms with Crippen LogP contribution >= 0.6 is 27.3 Å². The third-order valence-corrected chi connectivity index (χ3v) is 19.1. The molecular weight excluding hydrogens is 779 g/mol. The standard InChI is InChI=1S/C23H29.C18H33P.C7H6.2ClH.Ru/c1-14-9-16(3)22(17(4)10-14)20-7-8-21(13-20)23-18(5)11-15(2)12-19(23)6;1-4-10-16(11-5-1)19(17-12-6-2-7-13-17)18-14-8-3-9-15-18;1-7-5-3-2-4-6-7;;;/h9-13,20-21H,7-8H2,1-6H3;16-18H,1-15H2;1-6H;2*1H;/q-1;;;;;+2/p-1. The van der Waals surface area contributed by atoms with Gasteiger partial charge in [-0.3, -0.25) is 0 Å². The van der Waals surface area contributed by atoms with Crippen LogP contribution in [0.5, 0.6) is 0 Å². The molecule has 4 aliphatic rings. The van der Waals surface area contributed by atoms with Crippen LogP contribution in [0.25, 0.3) is 0 Å². The molecule has 0 aliphatic heterocycles. The molecule has 4 aliphatic carbocycles. The van der Waals surface area contributed by atoms with E-state index in [1.165, 1.54) is 63.2 Å². The van der Waals surface area contributed by atoms with Gasteiger partial charge in [0.25, 0.3) is 0 Å². The molecule has 3 aromatic carbocycles. The molecule has 2 atom stereocenters. The summed E-state index contributed by atoms with van der Waals surface area (Å²) < 4.78 is 1.92. The summed E-state index contributed by atoms with van der Waals surface area (Å²) in [5.41, 5.74) is 16.5. The molecule has 7 rings (SSSR count). The number of rotatable bonds is 6. The Bertz CT molecular complexity index is 1410. The number of benzene rings is 3. The van der Waals surface area contributed by atoms with Gasteiger partial charge in [-0.2, -0.15) is 0 Å². The summed E-state index contributed by atoms with van der Waals surface area (Å²) >= 11 is -1.61. The van der Waals surface area contributed by atoms with Crippen molar-refractivity contribution >= 4 is 31.9 Å². The molecule has 0 spiro atoms. The number of aryl methyl sites for hydroxylation is 6. The fourth-order valence-corrected chi connectivity index (χ4v) is 17.8. The van der Waals surface area contributed by atoms with Crippen molar-refractivity contribution in [3.63, 3.8) is 0 Å². The van der Waals surface area contributed by atoms with Gasteiger partial charge in [-0.1, -0.05) is 78.6 Å². The Morgan fingerprint density at radius 3 is 1.19 bits per heavy atom. The van der Waals surface area contributed by atoms with Gasteiger partial charge in [0.15, 0.2) is 0 Å². The van der Waals surface area contributed by atoms with Gasteiger partial charge in [0, 0.05) is 7.92 Å². The van der Waals surface area contributed by atoms with E-state index in [1.54, 1.807) is 107 Å². The van der Waals surface area contributed by atoms with Crippen molar-refractivity contribution in [2.45, 2.75) is 180 Å². The minimum absolute atomic E-state index is 0.0465. The van der Waals surface area contributed by atoms with Gasteiger partial charge in [0.05, 0.1) is 17.0 Å². The predicted molar refractivity (Wildman–Crippen MR) is 233 cm³/mol. The summed E-state index contributed by atoms with van der Waals surface area (Å²) in [7, 11) is 11.3. The Kier molecular flexibility index (Phi) is 17.5. The molecule has 0 radical (unpaired) electrons. The van der Waals surface area contributed by atoms with Crippen LogP contribution in [0.2, 0.25) is 0 Å². The second-order valence-corrected chi connectivity index (χ2v) is 26.0. The molecule has 2 unspecified atom stereocenters. The molecule has 0 bridgehead atoms. The SMILES string of the molecule is C1CCC([PH+](C2CCCCC2)C2CCCCC2)CC1.Cc1cc(C)c(C2[CH-]C(c3c(C)cc(C)cc3C)CC2)c(C)c1.[Cl][Ru]([Cl])=[CH]c1ccccc1. The zero-order chi connectivity index (χ0) is 37.0. The molecule has 0 heterocycles. The van der Waals surface area contributed by atoms with Crippen molar-refractivity contribution in [2.75, 3.05) is 0 Å². The van der Waals surface area contributed by atoms with Gasteiger partial charge in [-0.15, -0.1) is 11.8 Å². The van der Waals surface area contributed by atoms with Crippen molar-refractivity contribution in [3.05, 3.63) is 111 Å². The molecular formula is C48H69Cl2PRu. The van der Waals surface area contributed by atoms with E-state index >= 15 is 0 Å². The van der Waals surface area contributed by atoms with Gasteiger partial charge >= 0.3 is 73.4 Å². The van der Waals surface area contributed by atoms with Crippen molar-refractivity contribution in [1.82, 2.24) is 0 Å². The Labute approximate surface area is 333 Å². The summed E-state index contributed by atoms with van der Waals surface area (Å²) in [4.78, 5) is 0. The van der Waals surface area contributed by atoms with Gasteiger partial charge < -0.3 is 6.42 Å². The topological polar surface area (TPSA) is 0 Å². The zero-order valence-electron chi connectivity index (χ0n) is 33.4. The Morgan fingerprint density at radius 2 is 0.865 bits per heavy atom. The molecule has 0 aromatic heterocycles. The maximum absolute atomic E-state index is 5.67. The monoisotopic (exact) mass is 848 g/mol. The first-order chi connectivity index (χ1) is 25.1. The number of hydrogen-bond acceptors (Lipinski definition) is 0. The van der Waals surface area contributed by atoms with Crippen LogP contribution in [0, 0.1) is 48.0 Å². The Hall–Kier alpha value is -0.837. The summed E-state index contributed by atoms with van der Waals surface area (Å²) in [6.45, 7) is 13.5. The average Bonchev–Trinajstić information content (AvgIpc) is 3.58. The third kappa shape index (κ3) is 12.3. The zero-order valence-corrected chi connectivity index (χ0v) is 37.6. The second-order valence-electron chi connectivity index (χ2n) is 16.8. The summed E-state index contributed by atoms with van der Waals surface area (Å²) in [6.07, 6.45) is 29.0. The van der Waals surface area contributed by atoms with Gasteiger partial charge in [-0.25, -0.2) is 0 Å². The maximum atomic E-state index is 5.67. The van der Waals surface area contributed by atoms with E-state index < -0.39 is 13.5 Å². The molecule has 0 nitrogen and oxygen atoms in total. The van der Waals surface area contributed by atoms with Crippen molar-refractivity contribution in [2.24, 2.45) is 0 Å². The van der Waals surface area contributed by atoms with Gasteiger partial charge in [-0.05, 0) is 141 Å². The summed E-state index contributed by atoms with van der Waals surface area (Å²) in [5.74, 6) is 1.22. The van der Waals surface area contributed by atoms with Crippen LogP contribution in [0.3, 0.4) is 0 Å². The van der Waals surface area contributed by atoms with E-state index in [-0.39, 0.29) is 7.92 Å². The molecule has 0 N–H and O–H groups in total. The first-order valence-electron chi connectivity index (χ1n) is 20.9. The molecule has 0 amide bonds. The molecule has 52 heavy (non-hydrogen) atoms. The van der Waals surface area contributed by atoms with Crippen LogP contribution < -0.4 is 0 Å². The van der Waals surface area contributed by atoms with Crippen LogP contribution in [0.1, 0.15) is 171 Å². The van der Waals surface area contributed by atoms with E-state index in [4.69, 9.17) is 19.4 Å². The molecule has 3 aromatic rings. The first kappa shape index (κ1) is 42.3. The predicted octanol–water partition coefficient (Wildman–Crippen LogP) is 15.4. The van der Waals surface area contributed by atoms with Crippen LogP contribution in [0.15, 0.2) is 54.6 Å². The van der Waals surface area contributed by atoms with E-state index in [0.29, 0.717) is 11.8 Å². The minimum atomic E-state index is -1.61. The Morgan fingerprint density at radius 1 is 0.519 bits per heavy atom. The average molecular weight is 849 g/mol. The Balaban J connectivity index is 0.000000162. The fourth-order valence-electron chi connectivity index (χ4n) is 10.8. The van der Waals surface area contributed by atoms with Crippen molar-refractivity contribution in [3.8, 4) is 0 Å². The van der Waals surface area contributed by atoms with Crippen LogP contribution in [-0.4, -0.2) is 21.6 Å². The van der Waals surface area contributed by atoms with Crippen LogP contribution in [-0.2, 0) is 13.5 Å². The molecule has 0 saturated heterocycles. The normalized spacial score (nSPS) is 21.9. The van der Waals surface area contributed by atoms with Gasteiger partial charge in [0.1, 0.15) is 0 Å². The van der Waals surface area contributed by atoms with E-state index in [2.05, 4.69) is 72.2 Å². The molecule has 288 valence electrons. The van der Waals surface area contributed by atoms with E-state index in [0.717, 1.165) is 5.56 Å². The quantitative estimate of drug-likeness (QED) is 0.132. The van der Waals surface area contributed by atoms with Crippen LogP contribution in [0.4, 0.5) is 0 Å². The third-order valence-electron chi connectivity index (χ3n) is 12.7. The van der Waals surface area contributed by atoms with Crippen molar-refractivity contribution in [1.29, 1.82) is 0 Å². The van der Waals surface area contributed by atoms with E-state index in [9.17, 15) is 0 Å². The second kappa shape index (κ2) is 21.5.